The van der Waals surface area contributed by atoms with Crippen molar-refractivity contribution in [3.8, 4) is 11.1 Å². The Morgan fingerprint density at radius 1 is 0.914 bits per heavy atom. The Morgan fingerprint density at radius 2 is 1.69 bits per heavy atom. The summed E-state index contributed by atoms with van der Waals surface area (Å²) in [5.41, 5.74) is 8.60. The monoisotopic (exact) mass is 476 g/mol. The number of nitrogens with two attached hydrogens (primary N) is 1. The van der Waals surface area contributed by atoms with E-state index in [-0.39, 0.29) is 5.56 Å². The lowest BCUT2D eigenvalue weighted by molar-refractivity contribution is -0.137. The zero-order valence-electron chi connectivity index (χ0n) is 18.6. The predicted molar refractivity (Wildman–Crippen MR) is 132 cm³/mol. The molecular weight excluding hydrogens is 453 g/mol. The van der Waals surface area contributed by atoms with E-state index in [1.807, 2.05) is 18.2 Å². The van der Waals surface area contributed by atoms with Crippen LogP contribution in [0, 0.1) is 0 Å². The first kappa shape index (κ1) is 23.8. The molecule has 0 radical (unpaired) electrons. The molecule has 1 amide bonds. The molecule has 4 N–H and O–H groups in total. The number of hydrogen-bond acceptors (Lipinski definition) is 4. The van der Waals surface area contributed by atoms with Crippen molar-refractivity contribution in [3.05, 3.63) is 108 Å². The van der Waals surface area contributed by atoms with Crippen molar-refractivity contribution in [2.24, 2.45) is 0 Å². The van der Waals surface area contributed by atoms with Crippen molar-refractivity contribution in [3.63, 3.8) is 0 Å². The molecule has 0 spiro atoms. The van der Waals surface area contributed by atoms with Crippen molar-refractivity contribution in [1.29, 1.82) is 0 Å². The SMILES string of the molecule is Nc1cc(NC(=O)c2cc(C(F)(F)F)ccc2-c2ccccc2)ccc1NCCc1ccccn1. The number of nitrogens with one attached hydrogen (secondary N) is 2. The molecule has 0 saturated carbocycles. The van der Waals surface area contributed by atoms with E-state index in [1.165, 1.54) is 6.07 Å². The second-order valence-corrected chi connectivity index (χ2v) is 7.88. The Kier molecular flexibility index (Phi) is 7.01. The fourth-order valence-corrected chi connectivity index (χ4v) is 3.65. The minimum atomic E-state index is -4.57. The molecule has 0 atom stereocenters. The molecular formula is C27H23F3N4O. The molecule has 4 rings (SSSR count). The quantitative estimate of drug-likeness (QED) is 0.275. The third-order valence-corrected chi connectivity index (χ3v) is 5.41. The number of alkyl halides is 3. The number of nitrogen functional groups attached to an aromatic ring is 1. The lowest BCUT2D eigenvalue weighted by atomic mass is 9.96. The fourth-order valence-electron chi connectivity index (χ4n) is 3.65. The molecule has 1 heterocycles. The Hall–Kier alpha value is -4.33. The van der Waals surface area contributed by atoms with Gasteiger partial charge in [0.2, 0.25) is 0 Å². The van der Waals surface area contributed by atoms with E-state index in [4.69, 9.17) is 5.73 Å². The summed E-state index contributed by atoms with van der Waals surface area (Å²) in [5.74, 6) is -0.662. The van der Waals surface area contributed by atoms with Crippen molar-refractivity contribution in [2.75, 3.05) is 22.9 Å². The molecule has 4 aromatic rings. The number of carbonyl (C=O) groups is 1. The van der Waals surface area contributed by atoms with Crippen LogP contribution in [0.25, 0.3) is 11.1 Å². The number of benzene rings is 3. The van der Waals surface area contributed by atoms with E-state index in [1.54, 1.807) is 54.7 Å². The predicted octanol–water partition coefficient (Wildman–Crippen LogP) is 6.26. The molecule has 0 aliphatic rings. The molecule has 3 aromatic carbocycles. The molecule has 178 valence electrons. The molecule has 1 aromatic heterocycles. The lowest BCUT2D eigenvalue weighted by Crippen LogP contribution is -2.16. The van der Waals surface area contributed by atoms with Gasteiger partial charge >= 0.3 is 6.18 Å². The molecule has 35 heavy (non-hydrogen) atoms. The lowest BCUT2D eigenvalue weighted by Gasteiger charge is -2.15. The molecule has 5 nitrogen and oxygen atoms in total. The van der Waals surface area contributed by atoms with Crippen LogP contribution in [0.4, 0.5) is 30.2 Å². The highest BCUT2D eigenvalue weighted by molar-refractivity contribution is 6.09. The van der Waals surface area contributed by atoms with Gasteiger partial charge in [-0.2, -0.15) is 13.2 Å². The summed E-state index contributed by atoms with van der Waals surface area (Å²) >= 11 is 0. The third kappa shape index (κ3) is 5.97. The summed E-state index contributed by atoms with van der Waals surface area (Å²) in [4.78, 5) is 17.3. The van der Waals surface area contributed by atoms with Crippen molar-refractivity contribution in [1.82, 2.24) is 4.98 Å². The summed E-state index contributed by atoms with van der Waals surface area (Å²) < 4.78 is 40.0. The average Bonchev–Trinajstić information content (AvgIpc) is 2.85. The van der Waals surface area contributed by atoms with Crippen LogP contribution in [-0.2, 0) is 12.6 Å². The van der Waals surface area contributed by atoms with E-state index >= 15 is 0 Å². The van der Waals surface area contributed by atoms with E-state index < -0.39 is 17.6 Å². The first-order valence-electron chi connectivity index (χ1n) is 10.9. The van der Waals surface area contributed by atoms with Crippen molar-refractivity contribution >= 4 is 23.0 Å². The summed E-state index contributed by atoms with van der Waals surface area (Å²) in [6, 6.07) is 22.6. The number of halogens is 3. The topological polar surface area (TPSA) is 80.0 Å². The van der Waals surface area contributed by atoms with Crippen molar-refractivity contribution in [2.45, 2.75) is 12.6 Å². The Morgan fingerprint density at radius 3 is 2.37 bits per heavy atom. The maximum atomic E-state index is 13.3. The molecule has 8 heteroatoms. The Bertz CT molecular complexity index is 1310. The molecule has 0 aliphatic carbocycles. The number of hydrogen-bond donors (Lipinski definition) is 3. The molecule has 0 fully saturated rings. The minimum Gasteiger partial charge on any atom is -0.397 e. The van der Waals surface area contributed by atoms with Gasteiger partial charge in [-0.15, -0.1) is 0 Å². The van der Waals surface area contributed by atoms with Gasteiger partial charge in [0.05, 0.1) is 16.9 Å². The fraction of sp³-hybridized carbons (Fsp3) is 0.111. The Labute approximate surface area is 200 Å². The first-order valence-corrected chi connectivity index (χ1v) is 10.9. The number of aromatic nitrogens is 1. The maximum absolute atomic E-state index is 13.3. The van der Waals surface area contributed by atoms with Gasteiger partial charge in [0.15, 0.2) is 0 Å². The van der Waals surface area contributed by atoms with E-state index in [2.05, 4.69) is 15.6 Å². The van der Waals surface area contributed by atoms with Crippen LogP contribution in [-0.4, -0.2) is 17.4 Å². The number of pyridine rings is 1. The van der Waals surface area contributed by atoms with E-state index in [0.29, 0.717) is 41.2 Å². The number of nitrogens with zero attached hydrogens (tertiary/aromatic N) is 1. The van der Waals surface area contributed by atoms with Gasteiger partial charge in [0.1, 0.15) is 0 Å². The standard InChI is InChI=1S/C27H23F3N4O/c28-27(29,30)19-9-11-22(18-6-2-1-3-7-18)23(16-19)26(35)34-21-10-12-25(24(31)17-21)33-15-13-20-8-4-5-14-32-20/h1-12,14,16-17,33H,13,15,31H2,(H,34,35). The van der Waals surface area contributed by atoms with Crippen LogP contribution in [0.3, 0.4) is 0 Å². The van der Waals surface area contributed by atoms with Gasteiger partial charge in [0, 0.05) is 36.1 Å². The van der Waals surface area contributed by atoms with Crippen LogP contribution in [0.15, 0.2) is 91.1 Å². The highest BCUT2D eigenvalue weighted by Gasteiger charge is 2.32. The van der Waals surface area contributed by atoms with Gasteiger partial charge < -0.3 is 16.4 Å². The Balaban J connectivity index is 1.52. The summed E-state index contributed by atoms with van der Waals surface area (Å²) in [6.45, 7) is 0.609. The number of rotatable bonds is 7. The van der Waals surface area contributed by atoms with Gasteiger partial charge in [0.25, 0.3) is 5.91 Å². The number of anilines is 3. The molecule has 0 bridgehead atoms. The minimum absolute atomic E-state index is 0.0813. The second-order valence-electron chi connectivity index (χ2n) is 7.88. The zero-order chi connectivity index (χ0) is 24.8. The number of carbonyl (C=O) groups excluding carboxylic acids is 1. The second kappa shape index (κ2) is 10.3. The van der Waals surface area contributed by atoms with E-state index in [0.717, 1.165) is 17.8 Å². The van der Waals surface area contributed by atoms with Crippen LogP contribution < -0.4 is 16.4 Å². The third-order valence-electron chi connectivity index (χ3n) is 5.41. The number of amides is 1. The summed E-state index contributed by atoms with van der Waals surface area (Å²) in [7, 11) is 0. The first-order chi connectivity index (χ1) is 16.8. The van der Waals surface area contributed by atoms with Crippen LogP contribution in [0.1, 0.15) is 21.6 Å². The highest BCUT2D eigenvalue weighted by Crippen LogP contribution is 2.34. The van der Waals surface area contributed by atoms with Crippen LogP contribution in [0.2, 0.25) is 0 Å². The van der Waals surface area contributed by atoms with Crippen LogP contribution >= 0.6 is 0 Å². The summed E-state index contributed by atoms with van der Waals surface area (Å²) in [6.07, 6.45) is -2.14. The molecule has 0 aliphatic heterocycles. The summed E-state index contributed by atoms with van der Waals surface area (Å²) in [5, 5.41) is 5.90. The molecule has 0 saturated heterocycles. The smallest absolute Gasteiger partial charge is 0.397 e. The van der Waals surface area contributed by atoms with Gasteiger partial charge in [-0.3, -0.25) is 9.78 Å². The highest BCUT2D eigenvalue weighted by atomic mass is 19.4. The van der Waals surface area contributed by atoms with Crippen molar-refractivity contribution < 1.29 is 18.0 Å². The average molecular weight is 477 g/mol. The molecule has 0 unspecified atom stereocenters. The van der Waals surface area contributed by atoms with Gasteiger partial charge in [-0.25, -0.2) is 0 Å². The maximum Gasteiger partial charge on any atom is 0.416 e. The van der Waals surface area contributed by atoms with Gasteiger partial charge in [-0.1, -0.05) is 42.5 Å². The normalized spacial score (nSPS) is 11.2. The van der Waals surface area contributed by atoms with E-state index in [9.17, 15) is 18.0 Å². The zero-order valence-corrected chi connectivity index (χ0v) is 18.6. The van der Waals surface area contributed by atoms with Gasteiger partial charge in [-0.05, 0) is 53.6 Å². The largest absolute Gasteiger partial charge is 0.416 e. The van der Waals surface area contributed by atoms with Crippen LogP contribution in [0.5, 0.6) is 0 Å².